The molecule has 1 aliphatic carbocycles. The van der Waals surface area contributed by atoms with Gasteiger partial charge < -0.3 is 0 Å². The van der Waals surface area contributed by atoms with E-state index in [1.165, 1.54) is 9.55 Å². The van der Waals surface area contributed by atoms with Gasteiger partial charge in [-0.3, -0.25) is 19.7 Å². The summed E-state index contributed by atoms with van der Waals surface area (Å²) in [6, 6.07) is 0. The number of nitrogens with one attached hydrogen (secondary N) is 1. The molecule has 1 N–H and O–H groups in total. The number of halogens is 1. The van der Waals surface area contributed by atoms with E-state index >= 15 is 0 Å². The molecule has 0 saturated heterocycles. The van der Waals surface area contributed by atoms with E-state index in [1.54, 1.807) is 29.1 Å². The summed E-state index contributed by atoms with van der Waals surface area (Å²) < 4.78 is 3.69. The first kappa shape index (κ1) is 18.4. The molecule has 1 aliphatic rings. The van der Waals surface area contributed by atoms with Crippen LogP contribution < -0.4 is 11.0 Å². The summed E-state index contributed by atoms with van der Waals surface area (Å²) >= 11 is 4.99. The maximum Gasteiger partial charge on any atom is 0.281 e. The van der Waals surface area contributed by atoms with Gasteiger partial charge >= 0.3 is 0 Å². The average molecular weight is 450 g/mol. The minimum atomic E-state index is -0.322. The zero-order chi connectivity index (χ0) is 19.3. The Bertz CT molecular complexity index is 1110. The first-order valence-corrected chi connectivity index (χ1v) is 10.5. The Morgan fingerprint density at radius 3 is 2.93 bits per heavy atom. The lowest BCUT2D eigenvalue weighted by atomic mass is 9.89. The number of hydrogen-bond acceptors (Lipinski definition) is 5. The molecule has 9 heteroatoms. The van der Waals surface area contributed by atoms with Crippen LogP contribution in [0.25, 0.3) is 10.2 Å². The van der Waals surface area contributed by atoms with Crippen molar-refractivity contribution in [1.29, 1.82) is 0 Å². The third kappa shape index (κ3) is 3.23. The Balaban J connectivity index is 1.68. The van der Waals surface area contributed by atoms with Crippen LogP contribution in [0.5, 0.6) is 0 Å². The molecule has 0 fully saturated rings. The van der Waals surface area contributed by atoms with E-state index in [4.69, 9.17) is 0 Å². The van der Waals surface area contributed by atoms with Crippen LogP contribution in [0.3, 0.4) is 0 Å². The molecule has 1 amide bonds. The van der Waals surface area contributed by atoms with Gasteiger partial charge in [-0.1, -0.05) is 6.92 Å². The molecule has 0 saturated carbocycles. The second-order valence-corrected chi connectivity index (χ2v) is 9.04. The van der Waals surface area contributed by atoms with E-state index in [1.807, 2.05) is 6.92 Å². The van der Waals surface area contributed by atoms with Gasteiger partial charge in [0.15, 0.2) is 0 Å². The van der Waals surface area contributed by atoms with E-state index < -0.39 is 0 Å². The van der Waals surface area contributed by atoms with Crippen molar-refractivity contribution < 1.29 is 4.79 Å². The molecule has 0 radical (unpaired) electrons. The predicted molar refractivity (Wildman–Crippen MR) is 109 cm³/mol. The van der Waals surface area contributed by atoms with Gasteiger partial charge in [-0.05, 0) is 60.5 Å². The molecule has 1 unspecified atom stereocenters. The average Bonchev–Trinajstić information content (AvgIpc) is 3.12. The van der Waals surface area contributed by atoms with E-state index in [2.05, 4.69) is 38.4 Å². The van der Waals surface area contributed by atoms with Gasteiger partial charge in [0.1, 0.15) is 17.2 Å². The van der Waals surface area contributed by atoms with Gasteiger partial charge in [0.05, 0.1) is 21.7 Å². The summed E-state index contributed by atoms with van der Waals surface area (Å²) in [5.74, 6) is 0.786. The highest BCUT2D eigenvalue weighted by molar-refractivity contribution is 9.10. The third-order valence-electron chi connectivity index (χ3n) is 5.07. The fourth-order valence-electron chi connectivity index (χ4n) is 3.50. The summed E-state index contributed by atoms with van der Waals surface area (Å²) in [5, 5.41) is 4.81. The second-order valence-electron chi connectivity index (χ2n) is 7.10. The van der Waals surface area contributed by atoms with Crippen molar-refractivity contribution in [1.82, 2.24) is 19.4 Å². The van der Waals surface area contributed by atoms with Crippen molar-refractivity contribution >= 4 is 43.4 Å². The number of aryl methyl sites for hydroxylation is 2. The smallest absolute Gasteiger partial charge is 0.271 e. The number of fused-ring (bicyclic) bond motifs is 3. The standard InChI is InChI=1S/C18H20BrN5O2S/c1-9-4-5-12-14(6-9)27-17-16(12)18(26)24(11(3)21-17)22-15(25)8-23-10(2)13(19)7-20-23/h7,9H,4-6,8H2,1-3H3,(H,22,25). The predicted octanol–water partition coefficient (Wildman–Crippen LogP) is 2.93. The Labute approximate surface area is 168 Å². The largest absolute Gasteiger partial charge is 0.281 e. The molecule has 0 aromatic carbocycles. The molecular weight excluding hydrogens is 430 g/mol. The Hall–Kier alpha value is -2.00. The molecule has 27 heavy (non-hydrogen) atoms. The SMILES string of the molecule is Cc1c(Br)cnn1CC(=O)Nn1c(C)nc2sc3c(c2c1=O)CCC(C)C3. The van der Waals surface area contributed by atoms with Gasteiger partial charge in [0.2, 0.25) is 0 Å². The molecule has 3 aromatic rings. The van der Waals surface area contributed by atoms with Crippen molar-refractivity contribution in [3.63, 3.8) is 0 Å². The number of rotatable bonds is 3. The first-order valence-electron chi connectivity index (χ1n) is 8.86. The summed E-state index contributed by atoms with van der Waals surface area (Å²) in [6.07, 6.45) is 4.61. The summed E-state index contributed by atoms with van der Waals surface area (Å²) in [6.45, 7) is 5.87. The van der Waals surface area contributed by atoms with Crippen LogP contribution in [0.15, 0.2) is 15.5 Å². The highest BCUT2D eigenvalue weighted by Gasteiger charge is 2.24. The van der Waals surface area contributed by atoms with E-state index in [9.17, 15) is 9.59 Å². The number of nitrogens with zero attached hydrogens (tertiary/aromatic N) is 4. The lowest BCUT2D eigenvalue weighted by molar-refractivity contribution is -0.117. The van der Waals surface area contributed by atoms with Crippen LogP contribution in [-0.4, -0.2) is 25.3 Å². The van der Waals surface area contributed by atoms with Gasteiger partial charge in [-0.2, -0.15) is 5.10 Å². The number of thiophene rings is 1. The molecule has 0 aliphatic heterocycles. The molecule has 0 spiro atoms. The fraction of sp³-hybridized carbons (Fsp3) is 0.444. The Kier molecular flexibility index (Phi) is 4.67. The topological polar surface area (TPSA) is 81.8 Å². The van der Waals surface area contributed by atoms with Crippen molar-refractivity contribution in [3.05, 3.63) is 43.0 Å². The maximum atomic E-state index is 13.1. The van der Waals surface area contributed by atoms with Crippen molar-refractivity contribution in [2.45, 2.75) is 46.6 Å². The Morgan fingerprint density at radius 1 is 1.44 bits per heavy atom. The first-order chi connectivity index (χ1) is 12.8. The molecular formula is C18H20BrN5O2S. The number of aromatic nitrogens is 4. The number of carbonyl (C=O) groups excluding carboxylic acids is 1. The number of amides is 1. The van der Waals surface area contributed by atoms with Crippen LogP contribution >= 0.6 is 27.3 Å². The number of carbonyl (C=O) groups is 1. The minimum absolute atomic E-state index is 0.0284. The van der Waals surface area contributed by atoms with Crippen LogP contribution in [0, 0.1) is 19.8 Å². The fourth-order valence-corrected chi connectivity index (χ4v) is 5.22. The lowest BCUT2D eigenvalue weighted by Crippen LogP contribution is -2.37. The third-order valence-corrected chi connectivity index (χ3v) is 7.00. The van der Waals surface area contributed by atoms with Crippen LogP contribution in [0.2, 0.25) is 0 Å². The molecule has 0 bridgehead atoms. The van der Waals surface area contributed by atoms with Crippen LogP contribution in [-0.2, 0) is 24.2 Å². The molecule has 3 aromatic heterocycles. The molecule has 7 nitrogen and oxygen atoms in total. The van der Waals surface area contributed by atoms with Gasteiger partial charge in [0.25, 0.3) is 11.5 Å². The van der Waals surface area contributed by atoms with E-state index in [0.29, 0.717) is 17.1 Å². The highest BCUT2D eigenvalue weighted by atomic mass is 79.9. The van der Waals surface area contributed by atoms with Gasteiger partial charge in [0, 0.05) is 4.88 Å². The highest BCUT2D eigenvalue weighted by Crippen LogP contribution is 2.35. The second kappa shape index (κ2) is 6.87. The quantitative estimate of drug-likeness (QED) is 0.666. The zero-order valence-corrected chi connectivity index (χ0v) is 17.8. The Morgan fingerprint density at radius 2 is 2.22 bits per heavy atom. The minimum Gasteiger partial charge on any atom is -0.271 e. The molecule has 1 atom stereocenters. The van der Waals surface area contributed by atoms with Crippen molar-refractivity contribution in [2.24, 2.45) is 5.92 Å². The summed E-state index contributed by atoms with van der Waals surface area (Å²) in [5.41, 5.74) is 4.46. The molecule has 142 valence electrons. The lowest BCUT2D eigenvalue weighted by Gasteiger charge is -2.17. The van der Waals surface area contributed by atoms with Gasteiger partial charge in [-0.25, -0.2) is 9.66 Å². The number of hydrogen-bond donors (Lipinski definition) is 1. The zero-order valence-electron chi connectivity index (χ0n) is 15.4. The van der Waals surface area contributed by atoms with Crippen molar-refractivity contribution in [2.75, 3.05) is 5.43 Å². The normalized spacial score (nSPS) is 16.5. The van der Waals surface area contributed by atoms with Crippen molar-refractivity contribution in [3.8, 4) is 0 Å². The molecule has 4 rings (SSSR count). The summed E-state index contributed by atoms with van der Waals surface area (Å²) in [4.78, 5) is 32.2. The van der Waals surface area contributed by atoms with Crippen LogP contribution in [0.1, 0.15) is 35.3 Å². The van der Waals surface area contributed by atoms with E-state index in [0.717, 1.165) is 39.8 Å². The maximum absolute atomic E-state index is 13.1. The van der Waals surface area contributed by atoms with Gasteiger partial charge in [-0.15, -0.1) is 11.3 Å². The summed E-state index contributed by atoms with van der Waals surface area (Å²) in [7, 11) is 0. The molecule has 3 heterocycles. The van der Waals surface area contributed by atoms with E-state index in [-0.39, 0.29) is 18.0 Å². The monoisotopic (exact) mass is 449 g/mol. The van der Waals surface area contributed by atoms with Crippen LogP contribution in [0.4, 0.5) is 0 Å².